The third kappa shape index (κ3) is 4.58. The molecule has 1 amide bonds. The van der Waals surface area contributed by atoms with E-state index >= 15 is 0 Å². The van der Waals surface area contributed by atoms with Crippen LogP contribution in [0.2, 0.25) is 0 Å². The molecule has 1 aliphatic heterocycles. The normalized spacial score (nSPS) is 15.6. The predicted octanol–water partition coefficient (Wildman–Crippen LogP) is 1.41. The van der Waals surface area contributed by atoms with E-state index in [9.17, 15) is 18.0 Å². The summed E-state index contributed by atoms with van der Waals surface area (Å²) in [5, 5.41) is 0. The number of carbonyl (C=O) groups excluding carboxylic acids is 2. The standard InChI is InChI=1S/C17H24N2O5S/c1-13-7-8-14(25(22,23)19-9-5-4-6-10-19)11-15(13)17(21)24-12-16(20)18(2)3/h7-8,11H,4-6,9-10,12H2,1-3H3. The van der Waals surface area contributed by atoms with Crippen molar-refractivity contribution < 1.29 is 22.7 Å². The van der Waals surface area contributed by atoms with E-state index in [-0.39, 0.29) is 23.0 Å². The van der Waals surface area contributed by atoms with Gasteiger partial charge in [-0.15, -0.1) is 0 Å². The molecule has 0 N–H and O–H groups in total. The lowest BCUT2D eigenvalue weighted by atomic mass is 10.1. The monoisotopic (exact) mass is 368 g/mol. The first-order valence-corrected chi connectivity index (χ1v) is 9.65. The molecule has 0 saturated carbocycles. The molecule has 1 heterocycles. The van der Waals surface area contributed by atoms with Gasteiger partial charge >= 0.3 is 5.97 Å². The SMILES string of the molecule is Cc1ccc(S(=O)(=O)N2CCCCC2)cc1C(=O)OCC(=O)N(C)C. The van der Waals surface area contributed by atoms with E-state index < -0.39 is 16.0 Å². The highest BCUT2D eigenvalue weighted by Crippen LogP contribution is 2.23. The van der Waals surface area contributed by atoms with Gasteiger partial charge in [0.2, 0.25) is 10.0 Å². The van der Waals surface area contributed by atoms with E-state index in [0.29, 0.717) is 18.7 Å². The highest BCUT2D eigenvalue weighted by Gasteiger charge is 2.27. The number of esters is 1. The lowest BCUT2D eigenvalue weighted by molar-refractivity contribution is -0.131. The molecule has 1 aromatic carbocycles. The van der Waals surface area contributed by atoms with Crippen molar-refractivity contribution in [3.63, 3.8) is 0 Å². The summed E-state index contributed by atoms with van der Waals surface area (Å²) in [6.07, 6.45) is 2.71. The first kappa shape index (κ1) is 19.4. The number of hydrogen-bond acceptors (Lipinski definition) is 5. The van der Waals surface area contributed by atoms with E-state index in [0.717, 1.165) is 19.3 Å². The highest BCUT2D eigenvalue weighted by atomic mass is 32.2. The Morgan fingerprint density at radius 2 is 1.80 bits per heavy atom. The molecule has 0 aliphatic carbocycles. The maximum atomic E-state index is 12.7. The van der Waals surface area contributed by atoms with E-state index in [1.807, 2.05) is 0 Å². The minimum absolute atomic E-state index is 0.0749. The largest absolute Gasteiger partial charge is 0.452 e. The Morgan fingerprint density at radius 3 is 2.40 bits per heavy atom. The van der Waals surface area contributed by atoms with Crippen molar-refractivity contribution in [3.05, 3.63) is 29.3 Å². The van der Waals surface area contributed by atoms with Crippen molar-refractivity contribution in [1.29, 1.82) is 0 Å². The van der Waals surface area contributed by atoms with Crippen molar-refractivity contribution in [2.24, 2.45) is 0 Å². The lowest BCUT2D eigenvalue weighted by Gasteiger charge is -2.26. The molecule has 8 heteroatoms. The van der Waals surface area contributed by atoms with Gasteiger partial charge in [-0.2, -0.15) is 4.31 Å². The number of likely N-dealkylation sites (N-methyl/N-ethyl adjacent to an activating group) is 1. The summed E-state index contributed by atoms with van der Waals surface area (Å²) in [5.41, 5.74) is 0.754. The number of ether oxygens (including phenoxy) is 1. The molecule has 7 nitrogen and oxygen atoms in total. The quantitative estimate of drug-likeness (QED) is 0.734. The van der Waals surface area contributed by atoms with Crippen LogP contribution in [0.4, 0.5) is 0 Å². The fourth-order valence-electron chi connectivity index (χ4n) is 2.57. The molecule has 0 spiro atoms. The molecule has 1 saturated heterocycles. The molecule has 2 rings (SSSR count). The zero-order chi connectivity index (χ0) is 18.6. The zero-order valence-electron chi connectivity index (χ0n) is 14.8. The van der Waals surface area contributed by atoms with Crippen LogP contribution in [0, 0.1) is 6.92 Å². The molecular weight excluding hydrogens is 344 g/mol. The van der Waals surface area contributed by atoms with Gasteiger partial charge in [0.05, 0.1) is 10.5 Å². The van der Waals surface area contributed by atoms with Crippen LogP contribution in [0.3, 0.4) is 0 Å². The molecule has 0 aromatic heterocycles. The van der Waals surface area contributed by atoms with E-state index in [1.165, 1.54) is 21.3 Å². The first-order chi connectivity index (χ1) is 11.7. The average molecular weight is 368 g/mol. The fraction of sp³-hybridized carbons (Fsp3) is 0.529. The molecule has 1 fully saturated rings. The van der Waals surface area contributed by atoms with Crippen LogP contribution in [-0.4, -0.2) is 63.3 Å². The van der Waals surface area contributed by atoms with Crippen molar-refractivity contribution in [3.8, 4) is 0 Å². The van der Waals surface area contributed by atoms with Crippen LogP contribution in [0.15, 0.2) is 23.1 Å². The maximum absolute atomic E-state index is 12.7. The van der Waals surface area contributed by atoms with Gasteiger partial charge in [0.1, 0.15) is 0 Å². The number of carbonyl (C=O) groups is 2. The summed E-state index contributed by atoms with van der Waals surface area (Å²) in [6, 6.07) is 4.42. The van der Waals surface area contributed by atoms with Crippen molar-refractivity contribution >= 4 is 21.9 Å². The Kier molecular flexibility index (Phi) is 6.18. The first-order valence-electron chi connectivity index (χ1n) is 8.21. The minimum atomic E-state index is -3.63. The zero-order valence-corrected chi connectivity index (χ0v) is 15.6. The summed E-state index contributed by atoms with van der Waals surface area (Å²) < 4.78 is 31.9. The number of hydrogen-bond donors (Lipinski definition) is 0. The number of aryl methyl sites for hydroxylation is 1. The Bertz CT molecular complexity index is 752. The summed E-state index contributed by atoms with van der Waals surface area (Å²) in [5.74, 6) is -1.05. The van der Waals surface area contributed by atoms with Gasteiger partial charge in [-0.3, -0.25) is 4.79 Å². The van der Waals surface area contributed by atoms with E-state index in [2.05, 4.69) is 0 Å². The van der Waals surface area contributed by atoms with Gasteiger partial charge in [-0.1, -0.05) is 12.5 Å². The van der Waals surface area contributed by atoms with Gasteiger partial charge in [0.15, 0.2) is 6.61 Å². The maximum Gasteiger partial charge on any atom is 0.338 e. The van der Waals surface area contributed by atoms with Gasteiger partial charge in [-0.25, -0.2) is 13.2 Å². The Balaban J connectivity index is 2.22. The summed E-state index contributed by atoms with van der Waals surface area (Å²) in [7, 11) is -0.504. The second-order valence-corrected chi connectivity index (χ2v) is 8.24. The summed E-state index contributed by atoms with van der Waals surface area (Å²) in [6.45, 7) is 2.30. The number of rotatable bonds is 5. The van der Waals surface area contributed by atoms with Crippen LogP contribution in [-0.2, 0) is 19.6 Å². The number of nitrogens with zero attached hydrogens (tertiary/aromatic N) is 2. The van der Waals surface area contributed by atoms with Crippen molar-refractivity contribution in [2.75, 3.05) is 33.8 Å². The van der Waals surface area contributed by atoms with Crippen LogP contribution >= 0.6 is 0 Å². The van der Waals surface area contributed by atoms with Gasteiger partial charge in [0, 0.05) is 27.2 Å². The molecule has 0 radical (unpaired) electrons. The molecular formula is C17H24N2O5S. The molecule has 1 aromatic rings. The second kappa shape index (κ2) is 7.97. The summed E-state index contributed by atoms with van der Waals surface area (Å²) >= 11 is 0. The molecule has 138 valence electrons. The third-order valence-electron chi connectivity index (χ3n) is 4.21. The molecule has 1 aliphatic rings. The predicted molar refractivity (Wildman–Crippen MR) is 92.8 cm³/mol. The Labute approximate surface area is 148 Å². The fourth-order valence-corrected chi connectivity index (χ4v) is 4.11. The van der Waals surface area contributed by atoms with Crippen LogP contribution < -0.4 is 0 Å². The Hall–Kier alpha value is -1.93. The van der Waals surface area contributed by atoms with Crippen molar-refractivity contribution in [2.45, 2.75) is 31.1 Å². The average Bonchev–Trinajstić information content (AvgIpc) is 2.60. The topological polar surface area (TPSA) is 84.0 Å². The number of piperidine rings is 1. The van der Waals surface area contributed by atoms with Crippen LogP contribution in [0.5, 0.6) is 0 Å². The Morgan fingerprint density at radius 1 is 1.16 bits per heavy atom. The van der Waals surface area contributed by atoms with Gasteiger partial charge in [0.25, 0.3) is 5.91 Å². The van der Waals surface area contributed by atoms with Gasteiger partial charge < -0.3 is 9.64 Å². The van der Waals surface area contributed by atoms with E-state index in [1.54, 1.807) is 27.1 Å². The van der Waals surface area contributed by atoms with E-state index in [4.69, 9.17) is 4.74 Å². The lowest BCUT2D eigenvalue weighted by Crippen LogP contribution is -2.35. The number of benzene rings is 1. The van der Waals surface area contributed by atoms with Crippen LogP contribution in [0.1, 0.15) is 35.2 Å². The smallest absolute Gasteiger partial charge is 0.338 e. The highest BCUT2D eigenvalue weighted by molar-refractivity contribution is 7.89. The molecule has 0 bridgehead atoms. The van der Waals surface area contributed by atoms with Gasteiger partial charge in [-0.05, 0) is 37.5 Å². The third-order valence-corrected chi connectivity index (χ3v) is 6.10. The minimum Gasteiger partial charge on any atom is -0.452 e. The molecule has 25 heavy (non-hydrogen) atoms. The number of amides is 1. The molecule has 0 unspecified atom stereocenters. The van der Waals surface area contributed by atoms with Crippen LogP contribution in [0.25, 0.3) is 0 Å². The van der Waals surface area contributed by atoms with Crippen molar-refractivity contribution in [1.82, 2.24) is 9.21 Å². The summed E-state index contributed by atoms with van der Waals surface area (Å²) in [4.78, 5) is 25.2. The molecule has 0 atom stereocenters. The number of sulfonamides is 1. The second-order valence-electron chi connectivity index (χ2n) is 6.31.